The summed E-state index contributed by atoms with van der Waals surface area (Å²) >= 11 is 18.3. The Labute approximate surface area is 619 Å². The first-order valence-electron chi connectivity index (χ1n) is 32.2. The minimum Gasteiger partial charge on any atom is -0.478 e. The van der Waals surface area contributed by atoms with Gasteiger partial charge in [-0.25, -0.2) is 24.5 Å². The molecule has 3 aliphatic heterocycles. The molecule has 6 aromatic heterocycles. The quantitative estimate of drug-likeness (QED) is 0.0353. The van der Waals surface area contributed by atoms with Gasteiger partial charge in [0, 0.05) is 75.4 Å². The van der Waals surface area contributed by atoms with Crippen LogP contribution in [0, 0.1) is 13.8 Å². The van der Waals surface area contributed by atoms with Crippen molar-refractivity contribution in [1.82, 2.24) is 38.8 Å². The zero-order valence-corrected chi connectivity index (χ0v) is 59.8. The van der Waals surface area contributed by atoms with E-state index < -0.39 is 96.5 Å². The molecule has 0 saturated carbocycles. The number of Topliss-reactive ketones (excluding diaryl/α,β-unsaturated/α-hetero) is 1. The molecule has 12 rings (SSSR count). The lowest BCUT2D eigenvalue weighted by Crippen LogP contribution is -2.37. The third-order valence-corrected chi connectivity index (χ3v) is 17.3. The van der Waals surface area contributed by atoms with Crippen LogP contribution in [-0.4, -0.2) is 119 Å². The number of benzene rings is 3. The number of halogens is 12. The van der Waals surface area contributed by atoms with Crippen molar-refractivity contribution in [3.05, 3.63) is 229 Å². The Morgan fingerprint density at radius 2 is 0.907 bits per heavy atom. The summed E-state index contributed by atoms with van der Waals surface area (Å²) < 4.78 is 120. The van der Waals surface area contributed by atoms with Gasteiger partial charge in [-0.05, 0) is 172 Å². The number of aromatic carboxylic acids is 1. The number of nitrogens with one attached hydrogen (secondary N) is 2. The molecule has 22 nitrogen and oxygen atoms in total. The van der Waals surface area contributed by atoms with Gasteiger partial charge in [0.25, 0.3) is 0 Å². The predicted octanol–water partition coefficient (Wildman–Crippen LogP) is 15.5. The maximum Gasteiger partial charge on any atom is 0.416 e. The van der Waals surface area contributed by atoms with Gasteiger partial charge in [-0.2, -0.15) is 39.5 Å². The largest absolute Gasteiger partial charge is 0.478 e. The fraction of sp³-hybridized carbons (Fsp3) is 0.274. The first kappa shape index (κ1) is 80.2. The summed E-state index contributed by atoms with van der Waals surface area (Å²) in [6.45, 7) is 6.37. The highest BCUT2D eigenvalue weighted by Crippen LogP contribution is 2.42. The number of esters is 1. The van der Waals surface area contributed by atoms with Crippen LogP contribution in [0.2, 0.25) is 15.1 Å². The number of carboxylic acids is 1. The summed E-state index contributed by atoms with van der Waals surface area (Å²) in [6.07, 6.45) is 7.33. The van der Waals surface area contributed by atoms with Crippen LogP contribution in [0.25, 0.3) is 34.8 Å². The van der Waals surface area contributed by atoms with Crippen LogP contribution in [0.4, 0.5) is 39.5 Å². The fourth-order valence-corrected chi connectivity index (χ4v) is 12.1. The Hall–Kier alpha value is -10.9. The van der Waals surface area contributed by atoms with Crippen LogP contribution in [0.3, 0.4) is 0 Å². The lowest BCUT2D eigenvalue weighted by Gasteiger charge is -2.23. The summed E-state index contributed by atoms with van der Waals surface area (Å²) in [5, 5.41) is 26.3. The standard InChI is InChI=1S/C26H21ClF6N4O3.C22H20ClN3O3.C21H18ClN3O3.C4H7F3N2O/c1-24(15-8-16(26(31,32)33)10-17(27)9-15)11-18(36-40-24)2-3-19-4-5-20(21-12-34-14-37(19)21)22(38)6-7-23(39)35-13-25(28,29)30;1-14-8-15(10-16(23)9-14)22(2)11-17(25-29-22)4-5-18-6-7-19(21(27)28-3)20-12-24-13-26(18)20;1-13-7-14(9-15(22)8-13)21(2)10-16(24-28-21)3-4-17-5-6-18(20(26)27)19-11-23-12-25(17)19;5-4(6,7)2-9-3(10)1-8/h2-5,8-10,12,14H,6-7,11,13H2,1H3,(H,35,39);4-10,12-13H,11H2,1-3H3;3-9,11-12H,10H2,1-2H3,(H,26,27);1-2,8H2,(H,9,10)/b3-2+;5-4+;4-3+;. The van der Waals surface area contributed by atoms with Crippen molar-refractivity contribution in [3.8, 4) is 0 Å². The number of fused-ring (bicyclic) bond motifs is 3. The number of hydrogen-bond acceptors (Lipinski definition) is 16. The lowest BCUT2D eigenvalue weighted by molar-refractivity contribution is -0.138. The molecule has 3 atom stereocenters. The van der Waals surface area contributed by atoms with Gasteiger partial charge >= 0.3 is 30.5 Å². The Bertz CT molecular complexity index is 5030. The third-order valence-electron chi connectivity index (χ3n) is 16.6. The number of ketones is 1. The van der Waals surface area contributed by atoms with Crippen molar-refractivity contribution >= 4 is 116 Å². The monoisotopic (exact) mass is 1550 g/mol. The van der Waals surface area contributed by atoms with E-state index in [1.54, 1.807) is 81.6 Å². The number of allylic oxidation sites excluding steroid dienone is 3. The topological polar surface area (TPSA) is 282 Å². The van der Waals surface area contributed by atoms with Gasteiger partial charge in [0.1, 0.15) is 13.1 Å². The molecule has 3 aromatic carbocycles. The smallest absolute Gasteiger partial charge is 0.416 e. The molecule has 5 N–H and O–H groups in total. The summed E-state index contributed by atoms with van der Waals surface area (Å²) in [6, 6.07) is 24.9. The second-order valence-corrected chi connectivity index (χ2v) is 26.5. The zero-order chi connectivity index (χ0) is 78.0. The highest BCUT2D eigenvalue weighted by atomic mass is 35.5. The van der Waals surface area contributed by atoms with Crippen molar-refractivity contribution in [1.29, 1.82) is 0 Å². The second-order valence-electron chi connectivity index (χ2n) is 25.2. The highest BCUT2D eigenvalue weighted by molar-refractivity contribution is 6.31. The van der Waals surface area contributed by atoms with Gasteiger partial charge < -0.3 is 40.7 Å². The van der Waals surface area contributed by atoms with Gasteiger partial charge in [0.15, 0.2) is 22.6 Å². The van der Waals surface area contributed by atoms with E-state index in [0.29, 0.717) is 56.4 Å². The van der Waals surface area contributed by atoms with Crippen LogP contribution in [0.5, 0.6) is 0 Å². The molecule has 562 valence electrons. The Morgan fingerprint density at radius 3 is 1.29 bits per heavy atom. The molecule has 0 fully saturated rings. The van der Waals surface area contributed by atoms with E-state index in [2.05, 4.69) is 36.5 Å². The fourth-order valence-electron chi connectivity index (χ4n) is 11.3. The Balaban J connectivity index is 0.000000177. The summed E-state index contributed by atoms with van der Waals surface area (Å²) in [5.74, 6) is -3.53. The molecule has 0 spiro atoms. The maximum absolute atomic E-state index is 13.2. The first-order valence-corrected chi connectivity index (χ1v) is 33.3. The number of oxime groups is 3. The number of alkyl halides is 9. The molecule has 34 heteroatoms. The van der Waals surface area contributed by atoms with Gasteiger partial charge in [0.05, 0.1) is 102 Å². The zero-order valence-electron chi connectivity index (χ0n) is 57.5. The molecular weight excluding hydrogens is 1480 g/mol. The minimum atomic E-state index is -4.58. The summed E-state index contributed by atoms with van der Waals surface area (Å²) in [7, 11) is 1.36. The number of carbonyl (C=O) groups excluding carboxylic acids is 4. The predicted molar refractivity (Wildman–Crippen MR) is 382 cm³/mol. The van der Waals surface area contributed by atoms with Crippen molar-refractivity contribution in [2.75, 3.05) is 26.7 Å². The normalized spacial score (nSPS) is 17.8. The molecule has 9 aromatic rings. The molecule has 2 amide bonds. The molecule has 9 heterocycles. The maximum atomic E-state index is 13.2. The molecule has 0 bridgehead atoms. The van der Waals surface area contributed by atoms with E-state index in [9.17, 15) is 68.6 Å². The second kappa shape index (κ2) is 33.3. The number of nitrogens with two attached hydrogens (primary N) is 1. The van der Waals surface area contributed by atoms with E-state index in [1.165, 1.54) is 38.0 Å². The lowest BCUT2D eigenvalue weighted by atomic mass is 9.89. The number of carbonyl (C=O) groups is 5. The van der Waals surface area contributed by atoms with Crippen LogP contribution in [0.1, 0.15) is 134 Å². The van der Waals surface area contributed by atoms with Gasteiger partial charge in [0.2, 0.25) is 11.8 Å². The molecule has 3 aliphatic rings. The van der Waals surface area contributed by atoms with Crippen LogP contribution in [0.15, 0.2) is 162 Å². The third kappa shape index (κ3) is 20.8. The molecular formula is C73H66Cl3F9N12O10. The number of rotatable bonds is 18. The number of nitrogens with zero attached hydrogens (tertiary/aromatic N) is 9. The average molecular weight is 1550 g/mol. The van der Waals surface area contributed by atoms with Gasteiger partial charge in [-0.1, -0.05) is 62.4 Å². The summed E-state index contributed by atoms with van der Waals surface area (Å²) in [4.78, 5) is 87.0. The Morgan fingerprint density at radius 1 is 0.533 bits per heavy atom. The van der Waals surface area contributed by atoms with Crippen LogP contribution < -0.4 is 16.4 Å². The van der Waals surface area contributed by atoms with E-state index in [4.69, 9.17) is 59.8 Å². The van der Waals surface area contributed by atoms with Gasteiger partial charge in [-0.15, -0.1) is 0 Å². The SMILES string of the molecule is CC1(c2cc(Cl)cc(C(F)(F)F)c2)CC(/C=C/c2ccc(C(=O)CCC(=O)NCC(F)(F)F)c3cncn23)=NO1.COC(=O)c1ccc(/C=C/C2=NOC(C)(c3cc(C)cc(Cl)c3)C2)n2cncc12.Cc1cc(Cl)cc(C2(C)CC(/C=C/c3ccc(C(=O)O)c4cncn34)=NO2)c1.NCC(=O)NCC(F)(F)F. The van der Waals surface area contributed by atoms with Crippen LogP contribution in [-0.2, 0) is 51.8 Å². The van der Waals surface area contributed by atoms with Crippen LogP contribution >= 0.6 is 34.8 Å². The van der Waals surface area contributed by atoms with Crippen molar-refractivity contribution in [3.63, 3.8) is 0 Å². The van der Waals surface area contributed by atoms with E-state index in [-0.39, 0.29) is 34.6 Å². The van der Waals surface area contributed by atoms with Crippen molar-refractivity contribution in [2.24, 2.45) is 21.2 Å². The van der Waals surface area contributed by atoms with Crippen molar-refractivity contribution < 1.29 is 87.8 Å². The number of amides is 2. The van der Waals surface area contributed by atoms with E-state index >= 15 is 0 Å². The number of aryl methyl sites for hydroxylation is 2. The summed E-state index contributed by atoms with van der Waals surface area (Å²) in [5.41, 5.74) is 12.7. The number of pyridine rings is 3. The van der Waals surface area contributed by atoms with Crippen molar-refractivity contribution in [2.45, 2.75) is 102 Å². The molecule has 107 heavy (non-hydrogen) atoms. The number of imidazole rings is 3. The first-order chi connectivity index (χ1) is 50.3. The number of ether oxygens (including phenoxy) is 1. The molecule has 3 unspecified atom stereocenters. The molecule has 0 aliphatic carbocycles. The number of aromatic nitrogens is 6. The number of methoxy groups -OCH3 is 1. The van der Waals surface area contributed by atoms with E-state index in [0.717, 1.165) is 57.2 Å². The average Bonchev–Trinajstić information content (AvgIpc) is 1.75. The number of carboxylic acid groups (broad SMARTS) is 1. The Kier molecular flexibility index (Phi) is 24.9. The highest BCUT2D eigenvalue weighted by Gasteiger charge is 2.40. The molecule has 0 saturated heterocycles. The van der Waals surface area contributed by atoms with Gasteiger partial charge in [-0.3, -0.25) is 27.6 Å². The molecule has 0 radical (unpaired) electrons. The van der Waals surface area contributed by atoms with E-state index in [1.807, 2.05) is 92.8 Å². The number of hydrogen-bond donors (Lipinski definition) is 4. The minimum absolute atomic E-state index is 0.0854.